The molecule has 1 aromatic carbocycles. The predicted octanol–water partition coefficient (Wildman–Crippen LogP) is 2.82. The number of ether oxygens (including phenoxy) is 1. The molecule has 0 radical (unpaired) electrons. The largest absolute Gasteiger partial charge is 0.435 e. The SMILES string of the molecule is CC(C)(C)C(O)CNC(=O)Nc1ccc(OC(F)F)cc1. The van der Waals surface area contributed by atoms with Crippen LogP contribution in [0.5, 0.6) is 5.75 Å². The Morgan fingerprint density at radius 2 is 1.86 bits per heavy atom. The van der Waals surface area contributed by atoms with Crippen molar-refractivity contribution in [1.29, 1.82) is 0 Å². The molecule has 1 unspecified atom stereocenters. The summed E-state index contributed by atoms with van der Waals surface area (Å²) >= 11 is 0. The summed E-state index contributed by atoms with van der Waals surface area (Å²) in [6.07, 6.45) is -0.676. The Kier molecular flexibility index (Phi) is 5.90. The highest BCUT2D eigenvalue weighted by Crippen LogP contribution is 2.19. The molecule has 1 atom stereocenters. The predicted molar refractivity (Wildman–Crippen MR) is 75.6 cm³/mol. The standard InChI is InChI=1S/C14H20F2N2O3/c1-14(2,3)11(19)8-17-13(20)18-9-4-6-10(7-5-9)21-12(15)16/h4-7,11-12,19H,8H2,1-3H3,(H2,17,18,20). The van der Waals surface area contributed by atoms with Crippen molar-refractivity contribution in [3.05, 3.63) is 24.3 Å². The van der Waals surface area contributed by atoms with Crippen LogP contribution in [-0.4, -0.2) is 30.4 Å². The lowest BCUT2D eigenvalue weighted by Crippen LogP contribution is -2.40. The van der Waals surface area contributed by atoms with Crippen molar-refractivity contribution in [2.45, 2.75) is 33.5 Å². The van der Waals surface area contributed by atoms with Gasteiger partial charge in [0.05, 0.1) is 6.10 Å². The molecule has 0 saturated heterocycles. The van der Waals surface area contributed by atoms with E-state index in [9.17, 15) is 18.7 Å². The number of halogens is 2. The van der Waals surface area contributed by atoms with Crippen LogP contribution >= 0.6 is 0 Å². The van der Waals surface area contributed by atoms with Gasteiger partial charge in [-0.1, -0.05) is 20.8 Å². The molecule has 0 aliphatic carbocycles. The number of alkyl halides is 2. The van der Waals surface area contributed by atoms with E-state index in [1.54, 1.807) is 0 Å². The van der Waals surface area contributed by atoms with Crippen molar-refractivity contribution in [2.24, 2.45) is 5.41 Å². The van der Waals surface area contributed by atoms with Gasteiger partial charge in [0.25, 0.3) is 0 Å². The van der Waals surface area contributed by atoms with E-state index >= 15 is 0 Å². The molecule has 5 nitrogen and oxygen atoms in total. The van der Waals surface area contributed by atoms with Gasteiger partial charge < -0.3 is 20.5 Å². The number of nitrogens with one attached hydrogen (secondary N) is 2. The van der Waals surface area contributed by atoms with Gasteiger partial charge in [0, 0.05) is 12.2 Å². The fourth-order valence-electron chi connectivity index (χ4n) is 1.39. The van der Waals surface area contributed by atoms with Crippen LogP contribution in [0, 0.1) is 5.41 Å². The van der Waals surface area contributed by atoms with Gasteiger partial charge in [-0.05, 0) is 29.7 Å². The molecule has 2 amide bonds. The molecule has 1 aromatic rings. The van der Waals surface area contributed by atoms with E-state index < -0.39 is 18.7 Å². The summed E-state index contributed by atoms with van der Waals surface area (Å²) in [6.45, 7) is 2.81. The third-order valence-corrected chi connectivity index (χ3v) is 2.79. The Morgan fingerprint density at radius 3 is 2.33 bits per heavy atom. The number of carbonyl (C=O) groups is 1. The summed E-state index contributed by atoms with van der Waals surface area (Å²) in [5, 5.41) is 14.8. The minimum absolute atomic E-state index is 0.0131. The second-order valence-corrected chi connectivity index (χ2v) is 5.62. The Morgan fingerprint density at radius 1 is 1.29 bits per heavy atom. The van der Waals surface area contributed by atoms with E-state index in [0.29, 0.717) is 5.69 Å². The number of hydrogen-bond donors (Lipinski definition) is 3. The van der Waals surface area contributed by atoms with Crippen LogP contribution in [0.4, 0.5) is 19.3 Å². The average Bonchev–Trinajstić information content (AvgIpc) is 2.36. The van der Waals surface area contributed by atoms with E-state index in [-0.39, 0.29) is 17.7 Å². The van der Waals surface area contributed by atoms with Gasteiger partial charge >= 0.3 is 12.6 Å². The van der Waals surface area contributed by atoms with Crippen LogP contribution in [0.2, 0.25) is 0 Å². The number of benzene rings is 1. The van der Waals surface area contributed by atoms with Crippen LogP contribution in [-0.2, 0) is 0 Å². The van der Waals surface area contributed by atoms with Crippen molar-refractivity contribution >= 4 is 11.7 Å². The number of hydrogen-bond acceptors (Lipinski definition) is 3. The minimum atomic E-state index is -2.88. The van der Waals surface area contributed by atoms with Crippen LogP contribution in [0.15, 0.2) is 24.3 Å². The lowest BCUT2D eigenvalue weighted by Gasteiger charge is -2.25. The molecular formula is C14H20F2N2O3. The maximum Gasteiger partial charge on any atom is 0.387 e. The molecule has 0 spiro atoms. The molecule has 1 rings (SSSR count). The van der Waals surface area contributed by atoms with Gasteiger partial charge in [-0.2, -0.15) is 8.78 Å². The van der Waals surface area contributed by atoms with Gasteiger partial charge in [-0.3, -0.25) is 0 Å². The molecule has 3 N–H and O–H groups in total. The Balaban J connectivity index is 2.44. The Labute approximate surface area is 122 Å². The molecule has 0 fully saturated rings. The van der Waals surface area contributed by atoms with E-state index in [0.717, 1.165) is 0 Å². The molecule has 0 aliphatic heterocycles. The first-order valence-corrected chi connectivity index (χ1v) is 6.46. The maximum absolute atomic E-state index is 12.0. The fourth-order valence-corrected chi connectivity index (χ4v) is 1.39. The Bertz CT molecular complexity index is 458. The number of aliphatic hydroxyl groups excluding tert-OH is 1. The van der Waals surface area contributed by atoms with E-state index in [2.05, 4.69) is 15.4 Å². The highest BCUT2D eigenvalue weighted by Gasteiger charge is 2.22. The summed E-state index contributed by atoms with van der Waals surface area (Å²) in [5.74, 6) is 0.0131. The number of aliphatic hydroxyl groups is 1. The number of rotatable bonds is 5. The summed E-state index contributed by atoms with van der Waals surface area (Å²) in [5.41, 5.74) is 0.0982. The van der Waals surface area contributed by atoms with Crippen LogP contribution in [0.25, 0.3) is 0 Å². The van der Waals surface area contributed by atoms with Gasteiger partial charge in [-0.25, -0.2) is 4.79 Å². The van der Waals surface area contributed by atoms with Crippen LogP contribution < -0.4 is 15.4 Å². The summed E-state index contributed by atoms with van der Waals surface area (Å²) < 4.78 is 28.2. The second-order valence-electron chi connectivity index (χ2n) is 5.62. The summed E-state index contributed by atoms with van der Waals surface area (Å²) in [7, 11) is 0. The van der Waals surface area contributed by atoms with E-state index in [1.807, 2.05) is 20.8 Å². The number of anilines is 1. The topological polar surface area (TPSA) is 70.6 Å². The lowest BCUT2D eigenvalue weighted by atomic mass is 9.89. The fraction of sp³-hybridized carbons (Fsp3) is 0.500. The monoisotopic (exact) mass is 302 g/mol. The smallest absolute Gasteiger partial charge is 0.387 e. The maximum atomic E-state index is 12.0. The van der Waals surface area contributed by atoms with Crippen molar-refractivity contribution in [2.75, 3.05) is 11.9 Å². The van der Waals surface area contributed by atoms with Crippen LogP contribution in [0.3, 0.4) is 0 Å². The molecular weight excluding hydrogens is 282 g/mol. The van der Waals surface area contributed by atoms with Crippen molar-refractivity contribution in [1.82, 2.24) is 5.32 Å². The average molecular weight is 302 g/mol. The lowest BCUT2D eigenvalue weighted by molar-refractivity contribution is -0.0498. The van der Waals surface area contributed by atoms with Gasteiger partial charge in [0.15, 0.2) is 0 Å². The van der Waals surface area contributed by atoms with E-state index in [1.165, 1.54) is 24.3 Å². The van der Waals surface area contributed by atoms with Crippen molar-refractivity contribution in [3.63, 3.8) is 0 Å². The zero-order valence-corrected chi connectivity index (χ0v) is 12.2. The molecule has 21 heavy (non-hydrogen) atoms. The second kappa shape index (κ2) is 7.21. The molecule has 7 heteroatoms. The van der Waals surface area contributed by atoms with E-state index in [4.69, 9.17) is 0 Å². The number of amides is 2. The molecule has 0 bridgehead atoms. The zero-order chi connectivity index (χ0) is 16.0. The third kappa shape index (κ3) is 6.40. The highest BCUT2D eigenvalue weighted by atomic mass is 19.3. The Hall–Kier alpha value is -1.89. The van der Waals surface area contributed by atoms with Crippen LogP contribution in [0.1, 0.15) is 20.8 Å². The quantitative estimate of drug-likeness (QED) is 0.783. The molecule has 0 heterocycles. The third-order valence-electron chi connectivity index (χ3n) is 2.79. The summed E-state index contributed by atoms with van der Waals surface area (Å²) in [4.78, 5) is 11.6. The molecule has 0 saturated carbocycles. The summed E-state index contributed by atoms with van der Waals surface area (Å²) in [6, 6.07) is 5.05. The molecule has 0 aliphatic rings. The number of carbonyl (C=O) groups excluding carboxylic acids is 1. The molecule has 0 aromatic heterocycles. The normalized spacial score (nSPS) is 12.9. The zero-order valence-electron chi connectivity index (χ0n) is 12.2. The van der Waals surface area contributed by atoms with Gasteiger partial charge in [0.1, 0.15) is 5.75 Å². The van der Waals surface area contributed by atoms with Crippen molar-refractivity contribution < 1.29 is 23.4 Å². The first-order valence-electron chi connectivity index (χ1n) is 6.46. The molecule has 118 valence electrons. The first-order chi connectivity index (χ1) is 9.68. The number of urea groups is 1. The minimum Gasteiger partial charge on any atom is -0.435 e. The van der Waals surface area contributed by atoms with Crippen molar-refractivity contribution in [3.8, 4) is 5.75 Å². The first kappa shape index (κ1) is 17.2. The van der Waals surface area contributed by atoms with Gasteiger partial charge in [-0.15, -0.1) is 0 Å². The highest BCUT2D eigenvalue weighted by molar-refractivity contribution is 5.89. The van der Waals surface area contributed by atoms with Gasteiger partial charge in [0.2, 0.25) is 0 Å².